The molecule has 0 fully saturated rings. The van der Waals surface area contributed by atoms with Crippen LogP contribution in [0.25, 0.3) is 0 Å². The number of aryl methyl sites for hydroxylation is 1. The first kappa shape index (κ1) is 15.2. The first-order valence-corrected chi connectivity index (χ1v) is 7.47. The van der Waals surface area contributed by atoms with Gasteiger partial charge in [-0.2, -0.15) is 0 Å². The molecule has 0 saturated carbocycles. The van der Waals surface area contributed by atoms with E-state index in [1.54, 1.807) is 6.07 Å². The first-order valence-electron chi connectivity index (χ1n) is 7.47. The van der Waals surface area contributed by atoms with Crippen LogP contribution in [-0.4, -0.2) is 10.5 Å². The lowest BCUT2D eigenvalue weighted by molar-refractivity contribution is 0.0926. The molecule has 1 aromatic carbocycles. The molecule has 0 bridgehead atoms. The largest absolute Gasteiger partial charge is 0.397 e. The molecule has 1 unspecified atom stereocenters. The van der Waals surface area contributed by atoms with Crippen molar-refractivity contribution in [2.75, 3.05) is 5.73 Å². The molecule has 0 aliphatic carbocycles. The molecule has 2 rings (SSSR count). The molecular formula is C17H23N3O. The van der Waals surface area contributed by atoms with Gasteiger partial charge in [0.15, 0.2) is 0 Å². The molecule has 2 aromatic rings. The predicted octanol–water partition coefficient (Wildman–Crippen LogP) is 3.36. The van der Waals surface area contributed by atoms with Crippen molar-refractivity contribution in [2.24, 2.45) is 0 Å². The summed E-state index contributed by atoms with van der Waals surface area (Å²) in [6.45, 7) is 4.94. The maximum atomic E-state index is 12.5. The van der Waals surface area contributed by atoms with Gasteiger partial charge in [0.2, 0.25) is 0 Å². The molecule has 21 heavy (non-hydrogen) atoms. The highest BCUT2D eigenvalue weighted by Crippen LogP contribution is 2.18. The number of hydrogen-bond acceptors (Lipinski definition) is 2. The maximum Gasteiger partial charge on any atom is 0.268 e. The number of hydrogen-bond donors (Lipinski definition) is 2. The molecule has 3 N–H and O–H groups in total. The minimum atomic E-state index is -0.0733. The van der Waals surface area contributed by atoms with E-state index >= 15 is 0 Å². The molecule has 1 amide bonds. The molecule has 0 saturated heterocycles. The predicted molar refractivity (Wildman–Crippen MR) is 86.1 cm³/mol. The summed E-state index contributed by atoms with van der Waals surface area (Å²) < 4.78 is 1.92. The highest BCUT2D eigenvalue weighted by Gasteiger charge is 2.17. The highest BCUT2D eigenvalue weighted by atomic mass is 16.2. The number of rotatable bonds is 6. The number of nitrogens with zero attached hydrogens (tertiary/aromatic N) is 1. The monoisotopic (exact) mass is 285 g/mol. The summed E-state index contributed by atoms with van der Waals surface area (Å²) in [6, 6.07) is 11.8. The number of amides is 1. The van der Waals surface area contributed by atoms with Crippen molar-refractivity contribution in [2.45, 2.75) is 39.3 Å². The van der Waals surface area contributed by atoms with Crippen molar-refractivity contribution < 1.29 is 4.79 Å². The number of nitrogens with two attached hydrogens (primary N) is 1. The Kier molecular flexibility index (Phi) is 5.04. The van der Waals surface area contributed by atoms with E-state index in [0.717, 1.165) is 24.9 Å². The number of anilines is 1. The Labute approximate surface area is 126 Å². The first-order chi connectivity index (χ1) is 10.2. The molecule has 0 radical (unpaired) electrons. The summed E-state index contributed by atoms with van der Waals surface area (Å²) in [5.41, 5.74) is 8.20. The molecular weight excluding hydrogens is 262 g/mol. The summed E-state index contributed by atoms with van der Waals surface area (Å²) in [4.78, 5) is 12.5. The van der Waals surface area contributed by atoms with E-state index < -0.39 is 0 Å². The Morgan fingerprint density at radius 2 is 2.00 bits per heavy atom. The normalized spacial score (nSPS) is 12.1. The molecule has 1 atom stereocenters. The molecule has 0 aliphatic rings. The van der Waals surface area contributed by atoms with E-state index in [0.29, 0.717) is 11.4 Å². The third kappa shape index (κ3) is 3.66. The van der Waals surface area contributed by atoms with Gasteiger partial charge in [-0.3, -0.25) is 4.79 Å². The second kappa shape index (κ2) is 6.97. The summed E-state index contributed by atoms with van der Waals surface area (Å²) in [7, 11) is 0. The topological polar surface area (TPSA) is 60.0 Å². The second-order valence-corrected chi connectivity index (χ2v) is 5.20. The Morgan fingerprint density at radius 3 is 2.62 bits per heavy atom. The number of carbonyl (C=O) groups excluding carboxylic acids is 1. The summed E-state index contributed by atoms with van der Waals surface area (Å²) >= 11 is 0. The average Bonchev–Trinajstić information content (AvgIpc) is 2.87. The van der Waals surface area contributed by atoms with Crippen LogP contribution in [0, 0.1) is 0 Å². The van der Waals surface area contributed by atoms with Crippen LogP contribution in [0.4, 0.5) is 5.69 Å². The lowest BCUT2D eigenvalue weighted by Crippen LogP contribution is -2.29. The van der Waals surface area contributed by atoms with Crippen LogP contribution in [0.3, 0.4) is 0 Å². The van der Waals surface area contributed by atoms with Crippen molar-refractivity contribution >= 4 is 11.6 Å². The smallest absolute Gasteiger partial charge is 0.268 e. The van der Waals surface area contributed by atoms with Gasteiger partial charge in [0.1, 0.15) is 5.69 Å². The zero-order valence-corrected chi connectivity index (χ0v) is 12.7. The molecule has 112 valence electrons. The van der Waals surface area contributed by atoms with Gasteiger partial charge in [-0.1, -0.05) is 44.2 Å². The van der Waals surface area contributed by atoms with Crippen molar-refractivity contribution in [3.05, 3.63) is 53.9 Å². The minimum absolute atomic E-state index is 0.0184. The van der Waals surface area contributed by atoms with Gasteiger partial charge in [0, 0.05) is 12.7 Å². The second-order valence-electron chi connectivity index (χ2n) is 5.20. The lowest BCUT2D eigenvalue weighted by atomic mass is 10.0. The van der Waals surface area contributed by atoms with E-state index in [-0.39, 0.29) is 11.9 Å². The maximum absolute atomic E-state index is 12.5. The SMILES string of the molecule is CCCn1cc(N)cc1C(=O)NC(CC)c1ccccc1. The van der Waals surface area contributed by atoms with Crippen LogP contribution >= 0.6 is 0 Å². The van der Waals surface area contributed by atoms with E-state index in [9.17, 15) is 4.79 Å². The van der Waals surface area contributed by atoms with Crippen LogP contribution in [0.15, 0.2) is 42.6 Å². The third-order valence-electron chi connectivity index (χ3n) is 3.53. The van der Waals surface area contributed by atoms with E-state index in [2.05, 4.69) is 19.2 Å². The van der Waals surface area contributed by atoms with Crippen LogP contribution in [0.2, 0.25) is 0 Å². The van der Waals surface area contributed by atoms with Crippen molar-refractivity contribution in [1.29, 1.82) is 0 Å². The fraction of sp³-hybridized carbons (Fsp3) is 0.353. The third-order valence-corrected chi connectivity index (χ3v) is 3.53. The van der Waals surface area contributed by atoms with Crippen LogP contribution in [0.1, 0.15) is 48.8 Å². The fourth-order valence-electron chi connectivity index (χ4n) is 2.49. The van der Waals surface area contributed by atoms with Crippen LogP contribution in [-0.2, 0) is 6.54 Å². The van der Waals surface area contributed by atoms with Crippen LogP contribution < -0.4 is 11.1 Å². The van der Waals surface area contributed by atoms with Gasteiger partial charge in [0.05, 0.1) is 11.7 Å². The van der Waals surface area contributed by atoms with Gasteiger partial charge in [-0.05, 0) is 24.5 Å². The quantitative estimate of drug-likeness (QED) is 0.855. The van der Waals surface area contributed by atoms with Crippen molar-refractivity contribution in [3.8, 4) is 0 Å². The number of benzene rings is 1. The van der Waals surface area contributed by atoms with E-state index in [1.807, 2.05) is 41.1 Å². The van der Waals surface area contributed by atoms with Crippen molar-refractivity contribution in [1.82, 2.24) is 9.88 Å². The zero-order valence-electron chi connectivity index (χ0n) is 12.7. The lowest BCUT2D eigenvalue weighted by Gasteiger charge is -2.18. The van der Waals surface area contributed by atoms with Gasteiger partial charge in [0.25, 0.3) is 5.91 Å². The number of carbonyl (C=O) groups is 1. The molecule has 1 heterocycles. The molecule has 1 aromatic heterocycles. The van der Waals surface area contributed by atoms with Gasteiger partial charge in [-0.15, -0.1) is 0 Å². The summed E-state index contributed by atoms with van der Waals surface area (Å²) in [5, 5.41) is 3.10. The molecule has 0 spiro atoms. The number of nitrogens with one attached hydrogen (secondary N) is 1. The minimum Gasteiger partial charge on any atom is -0.397 e. The van der Waals surface area contributed by atoms with Gasteiger partial charge < -0.3 is 15.6 Å². The van der Waals surface area contributed by atoms with Gasteiger partial charge in [-0.25, -0.2) is 0 Å². The Hall–Kier alpha value is -2.23. The Balaban J connectivity index is 2.16. The van der Waals surface area contributed by atoms with Crippen LogP contribution in [0.5, 0.6) is 0 Å². The zero-order chi connectivity index (χ0) is 15.2. The number of nitrogen functional groups attached to an aromatic ring is 1. The standard InChI is InChI=1S/C17H23N3O/c1-3-10-20-12-14(18)11-16(20)17(21)19-15(4-2)13-8-6-5-7-9-13/h5-9,11-12,15H,3-4,10,18H2,1-2H3,(H,19,21). The van der Waals surface area contributed by atoms with E-state index in [4.69, 9.17) is 5.73 Å². The fourth-order valence-corrected chi connectivity index (χ4v) is 2.49. The molecule has 0 aliphatic heterocycles. The number of aromatic nitrogens is 1. The summed E-state index contributed by atoms with van der Waals surface area (Å²) in [6.07, 6.45) is 3.63. The van der Waals surface area contributed by atoms with Gasteiger partial charge >= 0.3 is 0 Å². The Morgan fingerprint density at radius 1 is 1.29 bits per heavy atom. The summed E-state index contributed by atoms with van der Waals surface area (Å²) in [5.74, 6) is -0.0733. The Bertz CT molecular complexity index is 589. The molecule has 4 nitrogen and oxygen atoms in total. The molecule has 4 heteroatoms. The average molecular weight is 285 g/mol. The van der Waals surface area contributed by atoms with E-state index in [1.165, 1.54) is 0 Å². The van der Waals surface area contributed by atoms with Crippen molar-refractivity contribution in [3.63, 3.8) is 0 Å². The highest BCUT2D eigenvalue weighted by molar-refractivity contribution is 5.94.